The molecule has 88 valence electrons. The summed E-state index contributed by atoms with van der Waals surface area (Å²) in [5.74, 6) is 0.0358. The Morgan fingerprint density at radius 1 is 1.56 bits per heavy atom. The number of carbonyl (C=O) groups is 1. The molecule has 0 aliphatic heterocycles. The van der Waals surface area contributed by atoms with Gasteiger partial charge in [0.25, 0.3) is 0 Å². The van der Waals surface area contributed by atoms with Gasteiger partial charge in [0, 0.05) is 24.9 Å². The normalized spacial score (nSPS) is 14.2. The van der Waals surface area contributed by atoms with Crippen LogP contribution in [-0.2, 0) is 4.79 Å². The molecule has 1 aromatic rings. The van der Waals surface area contributed by atoms with Crippen LogP contribution in [0.15, 0.2) is 24.5 Å². The van der Waals surface area contributed by atoms with Gasteiger partial charge in [-0.25, -0.2) is 0 Å². The molecule has 0 fully saturated rings. The van der Waals surface area contributed by atoms with Gasteiger partial charge in [0.05, 0.1) is 6.04 Å². The highest BCUT2D eigenvalue weighted by Gasteiger charge is 2.09. The number of nitrogens with one attached hydrogen (secondary N) is 1. The highest BCUT2D eigenvalue weighted by Crippen LogP contribution is 2.10. The zero-order valence-electron chi connectivity index (χ0n) is 9.81. The van der Waals surface area contributed by atoms with Crippen LogP contribution < -0.4 is 11.1 Å². The molecule has 2 atom stereocenters. The summed E-state index contributed by atoms with van der Waals surface area (Å²) in [6, 6.07) is 3.87. The number of nitrogens with two attached hydrogens (primary N) is 1. The highest BCUT2D eigenvalue weighted by molar-refractivity contribution is 5.76. The summed E-state index contributed by atoms with van der Waals surface area (Å²) in [5, 5.41) is 2.92. The minimum atomic E-state index is -0.00530. The van der Waals surface area contributed by atoms with Crippen molar-refractivity contribution in [3.63, 3.8) is 0 Å². The number of hydrogen-bond acceptors (Lipinski definition) is 3. The second kappa shape index (κ2) is 6.23. The Labute approximate surface area is 96.3 Å². The van der Waals surface area contributed by atoms with Gasteiger partial charge in [0.15, 0.2) is 0 Å². The molecule has 16 heavy (non-hydrogen) atoms. The molecule has 1 heterocycles. The lowest BCUT2D eigenvalue weighted by Gasteiger charge is -2.14. The average molecular weight is 221 g/mol. The molecule has 4 heteroatoms. The van der Waals surface area contributed by atoms with Crippen molar-refractivity contribution >= 4 is 5.91 Å². The van der Waals surface area contributed by atoms with E-state index < -0.39 is 0 Å². The van der Waals surface area contributed by atoms with Gasteiger partial charge >= 0.3 is 0 Å². The first-order chi connectivity index (χ1) is 7.59. The predicted octanol–water partition coefficient (Wildman–Crippen LogP) is 1.39. The molecule has 2 unspecified atom stereocenters. The molecule has 0 aliphatic rings. The van der Waals surface area contributed by atoms with Crippen LogP contribution in [0, 0.1) is 0 Å². The van der Waals surface area contributed by atoms with Crippen molar-refractivity contribution in [3.05, 3.63) is 30.1 Å². The molecular formula is C12H19N3O. The molecule has 0 radical (unpaired) electrons. The zero-order chi connectivity index (χ0) is 12.0. The molecule has 0 aromatic carbocycles. The van der Waals surface area contributed by atoms with Crippen LogP contribution in [0.2, 0.25) is 0 Å². The quantitative estimate of drug-likeness (QED) is 0.789. The third-order valence-electron chi connectivity index (χ3n) is 2.39. The lowest BCUT2D eigenvalue weighted by Crippen LogP contribution is -2.28. The van der Waals surface area contributed by atoms with Crippen LogP contribution >= 0.6 is 0 Å². The Hall–Kier alpha value is -1.42. The Balaban J connectivity index is 2.40. The maximum absolute atomic E-state index is 11.5. The fourth-order valence-corrected chi connectivity index (χ4v) is 1.39. The number of amides is 1. The van der Waals surface area contributed by atoms with Gasteiger partial charge in [-0.15, -0.1) is 0 Å². The van der Waals surface area contributed by atoms with Gasteiger partial charge in [0.1, 0.15) is 0 Å². The van der Waals surface area contributed by atoms with E-state index in [1.807, 2.05) is 26.0 Å². The van der Waals surface area contributed by atoms with Crippen LogP contribution in [0.25, 0.3) is 0 Å². The first-order valence-corrected chi connectivity index (χ1v) is 5.54. The van der Waals surface area contributed by atoms with Gasteiger partial charge in [-0.1, -0.05) is 6.07 Å². The maximum atomic E-state index is 11.5. The number of pyridine rings is 1. The molecule has 4 nitrogen and oxygen atoms in total. The van der Waals surface area contributed by atoms with Gasteiger partial charge in [-0.3, -0.25) is 9.78 Å². The lowest BCUT2D eigenvalue weighted by atomic mass is 10.1. The number of hydrogen-bond donors (Lipinski definition) is 2. The molecule has 3 N–H and O–H groups in total. The molecule has 1 aromatic heterocycles. The Morgan fingerprint density at radius 2 is 2.31 bits per heavy atom. The van der Waals surface area contributed by atoms with E-state index in [9.17, 15) is 4.79 Å². The smallest absolute Gasteiger partial charge is 0.220 e. The first kappa shape index (κ1) is 12.6. The van der Waals surface area contributed by atoms with E-state index in [-0.39, 0.29) is 18.0 Å². The number of nitrogens with zero attached hydrogens (tertiary/aromatic N) is 1. The third kappa shape index (κ3) is 4.40. The Kier molecular flexibility index (Phi) is 4.92. The molecule has 1 rings (SSSR count). The van der Waals surface area contributed by atoms with Gasteiger partial charge in [-0.05, 0) is 31.9 Å². The van der Waals surface area contributed by atoms with E-state index in [0.29, 0.717) is 12.8 Å². The second-order valence-electron chi connectivity index (χ2n) is 4.09. The second-order valence-corrected chi connectivity index (χ2v) is 4.09. The summed E-state index contributed by atoms with van der Waals surface area (Å²) in [7, 11) is 0. The first-order valence-electron chi connectivity index (χ1n) is 5.54. The summed E-state index contributed by atoms with van der Waals surface area (Å²) in [4.78, 5) is 15.6. The molecule has 0 spiro atoms. The van der Waals surface area contributed by atoms with Gasteiger partial charge in [-0.2, -0.15) is 0 Å². The largest absolute Gasteiger partial charge is 0.350 e. The van der Waals surface area contributed by atoms with Crippen molar-refractivity contribution in [1.29, 1.82) is 0 Å². The number of carbonyl (C=O) groups excluding carboxylic acids is 1. The van der Waals surface area contributed by atoms with Crippen molar-refractivity contribution in [2.24, 2.45) is 5.73 Å². The highest BCUT2D eigenvalue weighted by atomic mass is 16.1. The van der Waals surface area contributed by atoms with Crippen molar-refractivity contribution < 1.29 is 4.79 Å². The summed E-state index contributed by atoms with van der Waals surface area (Å²) in [6.07, 6.45) is 4.67. The van der Waals surface area contributed by atoms with Crippen LogP contribution in [0.4, 0.5) is 0 Å². The van der Waals surface area contributed by atoms with Crippen LogP contribution in [0.1, 0.15) is 38.3 Å². The monoisotopic (exact) mass is 221 g/mol. The topological polar surface area (TPSA) is 68.0 Å². The van der Waals surface area contributed by atoms with Crippen molar-refractivity contribution in [2.45, 2.75) is 38.8 Å². The third-order valence-corrected chi connectivity index (χ3v) is 2.39. The fraction of sp³-hybridized carbons (Fsp3) is 0.500. The number of rotatable bonds is 5. The fourth-order valence-electron chi connectivity index (χ4n) is 1.39. The van der Waals surface area contributed by atoms with Gasteiger partial charge < -0.3 is 11.1 Å². The lowest BCUT2D eigenvalue weighted by molar-refractivity contribution is -0.121. The summed E-state index contributed by atoms with van der Waals surface area (Å²) >= 11 is 0. The minimum absolute atomic E-state index is 0.00530. The van der Waals surface area contributed by atoms with E-state index in [4.69, 9.17) is 5.73 Å². The Morgan fingerprint density at radius 3 is 2.88 bits per heavy atom. The molecule has 0 bridgehead atoms. The van der Waals surface area contributed by atoms with Crippen LogP contribution in [0.5, 0.6) is 0 Å². The number of aromatic nitrogens is 1. The summed E-state index contributed by atoms with van der Waals surface area (Å²) in [6.45, 7) is 3.85. The van der Waals surface area contributed by atoms with E-state index in [2.05, 4.69) is 10.3 Å². The van der Waals surface area contributed by atoms with E-state index in [1.54, 1.807) is 12.4 Å². The van der Waals surface area contributed by atoms with Crippen molar-refractivity contribution in [3.8, 4) is 0 Å². The predicted molar refractivity (Wildman–Crippen MR) is 63.7 cm³/mol. The standard InChI is InChI=1S/C12H19N3O/c1-9(13)5-6-12(16)15-10(2)11-4-3-7-14-8-11/h3-4,7-10H,5-6,13H2,1-2H3,(H,15,16). The van der Waals surface area contributed by atoms with Crippen molar-refractivity contribution in [1.82, 2.24) is 10.3 Å². The van der Waals surface area contributed by atoms with Crippen LogP contribution in [-0.4, -0.2) is 16.9 Å². The summed E-state index contributed by atoms with van der Waals surface area (Å²) < 4.78 is 0. The zero-order valence-corrected chi connectivity index (χ0v) is 9.81. The Bertz CT molecular complexity index is 324. The maximum Gasteiger partial charge on any atom is 0.220 e. The van der Waals surface area contributed by atoms with E-state index in [0.717, 1.165) is 5.56 Å². The summed E-state index contributed by atoms with van der Waals surface area (Å²) in [5.41, 5.74) is 6.60. The van der Waals surface area contributed by atoms with E-state index >= 15 is 0 Å². The van der Waals surface area contributed by atoms with Crippen molar-refractivity contribution in [2.75, 3.05) is 0 Å². The molecule has 0 aliphatic carbocycles. The average Bonchev–Trinajstić information content (AvgIpc) is 2.27. The molecule has 0 saturated heterocycles. The SMILES string of the molecule is CC(N)CCC(=O)NC(C)c1cccnc1. The molecular weight excluding hydrogens is 202 g/mol. The minimum Gasteiger partial charge on any atom is -0.350 e. The van der Waals surface area contributed by atoms with E-state index in [1.165, 1.54) is 0 Å². The van der Waals surface area contributed by atoms with Gasteiger partial charge in [0.2, 0.25) is 5.91 Å². The molecule has 0 saturated carbocycles. The van der Waals surface area contributed by atoms with Crippen LogP contribution in [0.3, 0.4) is 0 Å². The molecule has 1 amide bonds.